The van der Waals surface area contributed by atoms with Gasteiger partial charge in [0.15, 0.2) is 0 Å². The third-order valence-corrected chi connectivity index (χ3v) is 4.84. The number of benzene rings is 3. The van der Waals surface area contributed by atoms with Crippen molar-refractivity contribution in [2.45, 2.75) is 0 Å². The Morgan fingerprint density at radius 2 is 0.833 bits per heavy atom. The first-order chi connectivity index (χ1) is 17.0. The van der Waals surface area contributed by atoms with Gasteiger partial charge in [-0.05, 0) is 48.5 Å². The largest absolute Gasteiger partial charge is 0.478 e. The molecule has 12 heteroatoms. The van der Waals surface area contributed by atoms with Gasteiger partial charge in [0.2, 0.25) is 0 Å². The smallest absolute Gasteiger partial charge is 0.336 e. The lowest BCUT2D eigenvalue weighted by Crippen LogP contribution is -2.22. The van der Waals surface area contributed by atoms with E-state index >= 15 is 0 Å². The van der Waals surface area contributed by atoms with Crippen molar-refractivity contribution >= 4 is 47.1 Å². The summed E-state index contributed by atoms with van der Waals surface area (Å²) in [7, 11) is 0. The highest BCUT2D eigenvalue weighted by molar-refractivity contribution is 6.16. The number of nitrogens with one attached hydrogen (secondary N) is 2. The number of hydrogen-bond acceptors (Lipinski definition) is 6. The van der Waals surface area contributed by atoms with Gasteiger partial charge in [-0.3, -0.25) is 9.59 Å². The molecule has 3 rings (SSSR count). The molecule has 0 aliphatic carbocycles. The molecule has 0 radical (unpaired) electrons. The molecular weight excluding hydrogens is 476 g/mol. The molecule has 0 aliphatic heterocycles. The third kappa shape index (κ3) is 5.51. The molecule has 0 saturated heterocycles. The first-order valence-electron chi connectivity index (χ1n) is 9.92. The van der Waals surface area contributed by atoms with Crippen molar-refractivity contribution in [2.24, 2.45) is 0 Å². The van der Waals surface area contributed by atoms with E-state index in [9.17, 15) is 39.0 Å². The minimum absolute atomic E-state index is 0.00763. The van der Waals surface area contributed by atoms with E-state index in [0.717, 1.165) is 12.1 Å². The third-order valence-electron chi connectivity index (χ3n) is 4.84. The topological polar surface area (TPSA) is 207 Å². The molecule has 0 spiro atoms. The summed E-state index contributed by atoms with van der Waals surface area (Å²) in [6, 6.07) is 11.6. The Morgan fingerprint density at radius 3 is 1.14 bits per heavy atom. The number of aromatic carboxylic acids is 4. The zero-order chi connectivity index (χ0) is 26.6. The lowest BCUT2D eigenvalue weighted by atomic mass is 9.96. The standard InChI is InChI=1S/C24H16N2O10/c27-19(25-13-5-1-3-11(7-13)21(29)30)15-9-18(24(35)36)16(10-17(15)23(33)34)20(28)26-14-6-2-4-12(8-14)22(31)32/h1-10H,(H,25,27)(H,26,28)(H,29,30)(H,31,32)(H,33,34)(H,35,36). The van der Waals surface area contributed by atoms with E-state index < -0.39 is 57.9 Å². The van der Waals surface area contributed by atoms with E-state index in [-0.39, 0.29) is 22.5 Å². The summed E-state index contributed by atoms with van der Waals surface area (Å²) in [6.07, 6.45) is 0. The Labute approximate surface area is 201 Å². The van der Waals surface area contributed by atoms with Gasteiger partial charge < -0.3 is 31.1 Å². The van der Waals surface area contributed by atoms with Crippen LogP contribution in [-0.2, 0) is 0 Å². The quantitative estimate of drug-likeness (QED) is 0.271. The fourth-order valence-corrected chi connectivity index (χ4v) is 3.19. The van der Waals surface area contributed by atoms with Gasteiger partial charge in [0.25, 0.3) is 11.8 Å². The molecule has 0 aromatic heterocycles. The van der Waals surface area contributed by atoms with Crippen LogP contribution in [-0.4, -0.2) is 56.1 Å². The van der Waals surface area contributed by atoms with Crippen molar-refractivity contribution in [1.82, 2.24) is 0 Å². The first kappa shape index (κ1) is 25.1. The Hall–Kier alpha value is -5.52. The molecule has 36 heavy (non-hydrogen) atoms. The van der Waals surface area contributed by atoms with Crippen molar-refractivity contribution in [1.29, 1.82) is 0 Å². The van der Waals surface area contributed by atoms with Crippen molar-refractivity contribution in [3.63, 3.8) is 0 Å². The number of rotatable bonds is 8. The van der Waals surface area contributed by atoms with E-state index in [1.54, 1.807) is 0 Å². The molecule has 0 heterocycles. The number of amides is 2. The lowest BCUT2D eigenvalue weighted by molar-refractivity contribution is 0.0677. The SMILES string of the molecule is O=C(O)c1cccc(NC(=O)c2cc(C(=O)O)c(C(=O)Nc3cccc(C(=O)O)c3)cc2C(=O)O)c1. The molecule has 3 aromatic carbocycles. The zero-order valence-electron chi connectivity index (χ0n) is 18.0. The summed E-state index contributed by atoms with van der Waals surface area (Å²) in [6.45, 7) is 0. The summed E-state index contributed by atoms with van der Waals surface area (Å²) >= 11 is 0. The average Bonchev–Trinajstić information content (AvgIpc) is 2.83. The Morgan fingerprint density at radius 1 is 0.472 bits per heavy atom. The number of hydrogen-bond donors (Lipinski definition) is 6. The molecule has 0 unspecified atom stereocenters. The summed E-state index contributed by atoms with van der Waals surface area (Å²) in [5.74, 6) is -7.93. The maximum Gasteiger partial charge on any atom is 0.336 e. The second kappa shape index (κ2) is 10.2. The van der Waals surface area contributed by atoms with Crippen LogP contribution in [0.1, 0.15) is 62.1 Å². The Balaban J connectivity index is 2.02. The van der Waals surface area contributed by atoms with Gasteiger partial charge in [0.1, 0.15) is 0 Å². The van der Waals surface area contributed by atoms with Crippen LogP contribution in [0.4, 0.5) is 11.4 Å². The fourth-order valence-electron chi connectivity index (χ4n) is 3.19. The predicted molar refractivity (Wildman–Crippen MR) is 123 cm³/mol. The van der Waals surface area contributed by atoms with Gasteiger partial charge in [-0.2, -0.15) is 0 Å². The second-order valence-corrected chi connectivity index (χ2v) is 7.23. The molecular formula is C24H16N2O10. The number of carbonyl (C=O) groups is 6. The Bertz CT molecular complexity index is 1340. The molecule has 3 aromatic rings. The molecule has 0 saturated carbocycles. The van der Waals surface area contributed by atoms with Crippen LogP contribution in [0.25, 0.3) is 0 Å². The Kier molecular flexibility index (Phi) is 7.10. The molecule has 6 N–H and O–H groups in total. The summed E-state index contributed by atoms with van der Waals surface area (Å²) < 4.78 is 0. The van der Waals surface area contributed by atoms with E-state index in [1.165, 1.54) is 36.4 Å². The van der Waals surface area contributed by atoms with Crippen molar-refractivity contribution in [3.8, 4) is 0 Å². The van der Waals surface area contributed by atoms with Crippen molar-refractivity contribution in [2.75, 3.05) is 10.6 Å². The minimum atomic E-state index is -1.64. The molecule has 0 bridgehead atoms. The van der Waals surface area contributed by atoms with Gasteiger partial charge >= 0.3 is 23.9 Å². The van der Waals surface area contributed by atoms with E-state index in [0.29, 0.717) is 12.1 Å². The second-order valence-electron chi connectivity index (χ2n) is 7.23. The van der Waals surface area contributed by atoms with Gasteiger partial charge in [-0.25, -0.2) is 19.2 Å². The fraction of sp³-hybridized carbons (Fsp3) is 0. The number of carboxylic acids is 4. The first-order valence-corrected chi connectivity index (χ1v) is 9.92. The molecule has 2 amide bonds. The van der Waals surface area contributed by atoms with Crippen LogP contribution < -0.4 is 10.6 Å². The van der Waals surface area contributed by atoms with Gasteiger partial charge in [0, 0.05) is 11.4 Å². The van der Waals surface area contributed by atoms with Gasteiger partial charge in [0.05, 0.1) is 33.4 Å². The van der Waals surface area contributed by atoms with E-state index in [4.69, 9.17) is 10.2 Å². The highest BCUT2D eigenvalue weighted by Crippen LogP contribution is 2.22. The molecule has 0 atom stereocenters. The van der Waals surface area contributed by atoms with E-state index in [2.05, 4.69) is 10.6 Å². The van der Waals surface area contributed by atoms with Crippen LogP contribution in [0.15, 0.2) is 60.7 Å². The number of carboxylic acid groups (broad SMARTS) is 4. The van der Waals surface area contributed by atoms with E-state index in [1.807, 2.05) is 0 Å². The average molecular weight is 492 g/mol. The monoisotopic (exact) mass is 492 g/mol. The maximum absolute atomic E-state index is 12.8. The van der Waals surface area contributed by atoms with Crippen LogP contribution in [0.2, 0.25) is 0 Å². The zero-order valence-corrected chi connectivity index (χ0v) is 18.0. The van der Waals surface area contributed by atoms with Crippen molar-refractivity contribution in [3.05, 3.63) is 94.0 Å². The highest BCUT2D eigenvalue weighted by Gasteiger charge is 2.26. The normalized spacial score (nSPS) is 10.2. The van der Waals surface area contributed by atoms with Crippen LogP contribution in [0, 0.1) is 0 Å². The summed E-state index contributed by atoms with van der Waals surface area (Å²) in [5, 5.41) is 42.0. The van der Waals surface area contributed by atoms with Crippen LogP contribution in [0.3, 0.4) is 0 Å². The summed E-state index contributed by atoms with van der Waals surface area (Å²) in [4.78, 5) is 71.6. The van der Waals surface area contributed by atoms with Gasteiger partial charge in [-0.1, -0.05) is 12.1 Å². The van der Waals surface area contributed by atoms with Crippen molar-refractivity contribution < 1.29 is 49.2 Å². The van der Waals surface area contributed by atoms with Crippen LogP contribution >= 0.6 is 0 Å². The molecule has 182 valence electrons. The van der Waals surface area contributed by atoms with Gasteiger partial charge in [-0.15, -0.1) is 0 Å². The minimum Gasteiger partial charge on any atom is -0.478 e. The predicted octanol–water partition coefficient (Wildman–Crippen LogP) is 2.98. The van der Waals surface area contributed by atoms with Crippen LogP contribution in [0.5, 0.6) is 0 Å². The molecule has 0 aliphatic rings. The number of carbonyl (C=O) groups excluding carboxylic acids is 2. The lowest BCUT2D eigenvalue weighted by Gasteiger charge is -2.13. The molecule has 0 fully saturated rings. The maximum atomic E-state index is 12.8. The highest BCUT2D eigenvalue weighted by atomic mass is 16.4. The number of anilines is 2. The molecule has 12 nitrogen and oxygen atoms in total. The summed E-state index contributed by atoms with van der Waals surface area (Å²) in [5.41, 5.74) is -2.88.